The Bertz CT molecular complexity index is 450. The van der Waals surface area contributed by atoms with E-state index in [0.717, 1.165) is 49.3 Å². The number of carbonyl (C=O) groups is 1. The van der Waals surface area contributed by atoms with Gasteiger partial charge in [0, 0.05) is 32.4 Å². The second-order valence-electron chi connectivity index (χ2n) is 5.56. The topological polar surface area (TPSA) is 29.5 Å². The molecule has 0 aromatic heterocycles. The van der Waals surface area contributed by atoms with Crippen LogP contribution in [0, 0.1) is 19.8 Å². The fraction of sp³-hybridized carbons (Fsp3) is 0.562. The minimum Gasteiger partial charge on any atom is -0.381 e. The molecule has 1 fully saturated rings. The van der Waals surface area contributed by atoms with E-state index in [0.29, 0.717) is 5.92 Å². The normalized spacial score (nSPS) is 16.4. The predicted octanol–water partition coefficient (Wildman–Crippen LogP) is 2.80. The molecule has 1 aliphatic heterocycles. The molecule has 0 atom stereocenters. The Morgan fingerprint density at radius 2 is 2.00 bits per heavy atom. The monoisotopic (exact) mass is 261 g/mol. The van der Waals surface area contributed by atoms with E-state index in [9.17, 15) is 4.79 Å². The van der Waals surface area contributed by atoms with Crippen LogP contribution in [-0.2, 0) is 4.74 Å². The molecule has 1 aromatic rings. The fourth-order valence-corrected chi connectivity index (χ4v) is 2.57. The van der Waals surface area contributed by atoms with E-state index >= 15 is 0 Å². The van der Waals surface area contributed by atoms with Gasteiger partial charge in [0.2, 0.25) is 0 Å². The SMILES string of the molecule is Cc1ccc(C)c(C(=O)N(C)CC2CCOCC2)c1. The smallest absolute Gasteiger partial charge is 0.253 e. The maximum absolute atomic E-state index is 12.5. The molecule has 0 N–H and O–H groups in total. The quantitative estimate of drug-likeness (QED) is 0.837. The highest BCUT2D eigenvalue weighted by atomic mass is 16.5. The molecule has 2 rings (SSSR count). The van der Waals surface area contributed by atoms with Crippen molar-refractivity contribution in [2.75, 3.05) is 26.8 Å². The summed E-state index contributed by atoms with van der Waals surface area (Å²) in [5.74, 6) is 0.709. The Labute approximate surface area is 115 Å². The van der Waals surface area contributed by atoms with E-state index in [1.807, 2.05) is 44.0 Å². The van der Waals surface area contributed by atoms with Crippen molar-refractivity contribution in [3.05, 3.63) is 34.9 Å². The van der Waals surface area contributed by atoms with Gasteiger partial charge >= 0.3 is 0 Å². The summed E-state index contributed by atoms with van der Waals surface area (Å²) >= 11 is 0. The molecule has 104 valence electrons. The van der Waals surface area contributed by atoms with Crippen molar-refractivity contribution in [1.29, 1.82) is 0 Å². The highest BCUT2D eigenvalue weighted by Gasteiger charge is 2.20. The first-order valence-electron chi connectivity index (χ1n) is 6.98. The second kappa shape index (κ2) is 6.20. The lowest BCUT2D eigenvalue weighted by atomic mass is 9.99. The standard InChI is InChI=1S/C16H23NO2/c1-12-4-5-13(2)15(10-12)16(18)17(3)11-14-6-8-19-9-7-14/h4-5,10,14H,6-9,11H2,1-3H3. The summed E-state index contributed by atoms with van der Waals surface area (Å²) in [6.45, 7) is 6.51. The molecule has 1 aromatic carbocycles. The van der Waals surface area contributed by atoms with Crippen molar-refractivity contribution >= 4 is 5.91 Å². The average Bonchev–Trinajstić information content (AvgIpc) is 2.42. The molecule has 1 saturated heterocycles. The lowest BCUT2D eigenvalue weighted by molar-refractivity contribution is 0.0497. The third-order valence-corrected chi connectivity index (χ3v) is 3.84. The lowest BCUT2D eigenvalue weighted by Crippen LogP contribution is -2.34. The van der Waals surface area contributed by atoms with Crippen LogP contribution in [0.3, 0.4) is 0 Å². The van der Waals surface area contributed by atoms with Crippen molar-refractivity contribution < 1.29 is 9.53 Å². The minimum absolute atomic E-state index is 0.132. The Morgan fingerprint density at radius 3 is 2.68 bits per heavy atom. The van der Waals surface area contributed by atoms with Crippen molar-refractivity contribution in [1.82, 2.24) is 4.90 Å². The zero-order chi connectivity index (χ0) is 13.8. The number of hydrogen-bond acceptors (Lipinski definition) is 2. The van der Waals surface area contributed by atoms with Crippen molar-refractivity contribution in [2.45, 2.75) is 26.7 Å². The van der Waals surface area contributed by atoms with Crippen LogP contribution in [0.15, 0.2) is 18.2 Å². The molecule has 1 amide bonds. The molecule has 1 heterocycles. The number of aryl methyl sites for hydroxylation is 2. The number of carbonyl (C=O) groups excluding carboxylic acids is 1. The van der Waals surface area contributed by atoms with E-state index in [1.165, 1.54) is 0 Å². The fourth-order valence-electron chi connectivity index (χ4n) is 2.57. The van der Waals surface area contributed by atoms with Gasteiger partial charge in [0.1, 0.15) is 0 Å². The molecule has 0 bridgehead atoms. The lowest BCUT2D eigenvalue weighted by Gasteiger charge is -2.27. The first kappa shape index (κ1) is 14.1. The van der Waals surface area contributed by atoms with Crippen molar-refractivity contribution in [3.8, 4) is 0 Å². The Kier molecular flexibility index (Phi) is 4.59. The van der Waals surface area contributed by atoms with Gasteiger partial charge in [-0.2, -0.15) is 0 Å². The van der Waals surface area contributed by atoms with E-state index in [4.69, 9.17) is 4.74 Å². The summed E-state index contributed by atoms with van der Waals surface area (Å²) < 4.78 is 5.36. The van der Waals surface area contributed by atoms with Crippen molar-refractivity contribution in [2.24, 2.45) is 5.92 Å². The van der Waals surface area contributed by atoms with Gasteiger partial charge in [0.15, 0.2) is 0 Å². The largest absolute Gasteiger partial charge is 0.381 e. The third-order valence-electron chi connectivity index (χ3n) is 3.84. The number of nitrogens with zero attached hydrogens (tertiary/aromatic N) is 1. The summed E-state index contributed by atoms with van der Waals surface area (Å²) in [5, 5.41) is 0. The third kappa shape index (κ3) is 3.57. The van der Waals surface area contributed by atoms with E-state index in [2.05, 4.69) is 0 Å². The average molecular weight is 261 g/mol. The van der Waals surface area contributed by atoms with Gasteiger partial charge < -0.3 is 9.64 Å². The summed E-state index contributed by atoms with van der Waals surface area (Å²) in [6.07, 6.45) is 2.12. The zero-order valence-corrected chi connectivity index (χ0v) is 12.1. The first-order valence-corrected chi connectivity index (χ1v) is 6.98. The minimum atomic E-state index is 0.132. The Hall–Kier alpha value is -1.35. The molecule has 0 aliphatic carbocycles. The predicted molar refractivity (Wildman–Crippen MR) is 76.4 cm³/mol. The molecular weight excluding hydrogens is 238 g/mol. The first-order chi connectivity index (χ1) is 9.08. The molecular formula is C16H23NO2. The maximum Gasteiger partial charge on any atom is 0.253 e. The summed E-state index contributed by atoms with van der Waals surface area (Å²) in [4.78, 5) is 14.3. The molecule has 0 saturated carbocycles. The molecule has 0 spiro atoms. The molecule has 19 heavy (non-hydrogen) atoms. The van der Waals surface area contributed by atoms with Crippen LogP contribution in [0.25, 0.3) is 0 Å². The number of rotatable bonds is 3. The number of amides is 1. The zero-order valence-electron chi connectivity index (χ0n) is 12.1. The van der Waals surface area contributed by atoms with Crippen molar-refractivity contribution in [3.63, 3.8) is 0 Å². The molecule has 3 heteroatoms. The second-order valence-corrected chi connectivity index (χ2v) is 5.56. The van der Waals surface area contributed by atoms with Crippen LogP contribution in [0.2, 0.25) is 0 Å². The van der Waals surface area contributed by atoms with Gasteiger partial charge in [-0.15, -0.1) is 0 Å². The number of ether oxygens (including phenoxy) is 1. The summed E-state index contributed by atoms with van der Waals surface area (Å²) in [6, 6.07) is 6.05. The summed E-state index contributed by atoms with van der Waals surface area (Å²) in [7, 11) is 1.90. The number of hydrogen-bond donors (Lipinski definition) is 0. The summed E-state index contributed by atoms with van der Waals surface area (Å²) in [5.41, 5.74) is 3.01. The van der Waals surface area contributed by atoms with Gasteiger partial charge in [-0.25, -0.2) is 0 Å². The van der Waals surface area contributed by atoms with Gasteiger partial charge in [-0.3, -0.25) is 4.79 Å². The van der Waals surface area contributed by atoms with Gasteiger partial charge in [0.05, 0.1) is 0 Å². The number of benzene rings is 1. The van der Waals surface area contributed by atoms with E-state index < -0.39 is 0 Å². The van der Waals surface area contributed by atoms with Crippen LogP contribution in [0.1, 0.15) is 34.3 Å². The van der Waals surface area contributed by atoms with Gasteiger partial charge in [0.25, 0.3) is 5.91 Å². The van der Waals surface area contributed by atoms with Crippen LogP contribution >= 0.6 is 0 Å². The highest BCUT2D eigenvalue weighted by molar-refractivity contribution is 5.95. The maximum atomic E-state index is 12.5. The Balaban J connectivity index is 2.03. The van der Waals surface area contributed by atoms with Crippen LogP contribution in [0.5, 0.6) is 0 Å². The van der Waals surface area contributed by atoms with E-state index in [1.54, 1.807) is 0 Å². The van der Waals surface area contributed by atoms with Crippen LogP contribution in [-0.4, -0.2) is 37.6 Å². The molecule has 1 aliphatic rings. The molecule has 0 unspecified atom stereocenters. The molecule has 3 nitrogen and oxygen atoms in total. The highest BCUT2D eigenvalue weighted by Crippen LogP contribution is 2.18. The van der Waals surface area contributed by atoms with E-state index in [-0.39, 0.29) is 5.91 Å². The van der Waals surface area contributed by atoms with Crippen LogP contribution in [0.4, 0.5) is 0 Å². The van der Waals surface area contributed by atoms with Gasteiger partial charge in [-0.1, -0.05) is 17.7 Å². The van der Waals surface area contributed by atoms with Crippen LogP contribution < -0.4 is 0 Å². The van der Waals surface area contributed by atoms with Gasteiger partial charge in [-0.05, 0) is 44.2 Å². The Morgan fingerprint density at radius 1 is 1.32 bits per heavy atom. The molecule has 0 radical (unpaired) electrons.